The summed E-state index contributed by atoms with van der Waals surface area (Å²) in [5.74, 6) is 0. The first-order valence-electron chi connectivity index (χ1n) is 4.61. The van der Waals surface area contributed by atoms with Crippen molar-refractivity contribution in [2.24, 2.45) is 0 Å². The molecule has 2 rings (SSSR count). The van der Waals surface area contributed by atoms with Crippen LogP contribution in [-0.2, 0) is 6.42 Å². The van der Waals surface area contributed by atoms with Crippen molar-refractivity contribution in [2.45, 2.75) is 25.7 Å². The minimum atomic E-state index is 1.12. The molecule has 0 heterocycles. The standard InChI is InChI=1S/C12H13/c1-2-4-8-12-10-6-5-9-11(12)7-3-1/h5-6,8-10H,1-3,7H2. The minimum Gasteiger partial charge on any atom is -0.0620 e. The van der Waals surface area contributed by atoms with Crippen molar-refractivity contribution in [2.75, 3.05) is 0 Å². The van der Waals surface area contributed by atoms with Crippen molar-refractivity contribution >= 4 is 6.08 Å². The van der Waals surface area contributed by atoms with E-state index in [-0.39, 0.29) is 0 Å². The summed E-state index contributed by atoms with van der Waals surface area (Å²) in [5, 5.41) is 0. The van der Waals surface area contributed by atoms with Crippen LogP contribution in [0.4, 0.5) is 0 Å². The predicted octanol–water partition coefficient (Wildman–Crippen LogP) is 3.23. The second-order valence-corrected chi connectivity index (χ2v) is 3.25. The van der Waals surface area contributed by atoms with Crippen LogP contribution in [0.25, 0.3) is 6.08 Å². The summed E-state index contributed by atoms with van der Waals surface area (Å²) < 4.78 is 0. The van der Waals surface area contributed by atoms with Crippen molar-refractivity contribution in [1.82, 2.24) is 0 Å². The van der Waals surface area contributed by atoms with Crippen molar-refractivity contribution < 1.29 is 0 Å². The number of benzene rings is 1. The first-order chi connectivity index (χ1) is 5.97. The number of fused-ring (bicyclic) bond motifs is 1. The smallest absolute Gasteiger partial charge is 0.0222 e. The second kappa shape index (κ2) is 3.57. The van der Waals surface area contributed by atoms with E-state index in [1.165, 1.54) is 30.4 Å². The zero-order valence-corrected chi connectivity index (χ0v) is 7.22. The second-order valence-electron chi connectivity index (χ2n) is 3.25. The molecule has 0 saturated heterocycles. The predicted molar refractivity (Wildman–Crippen MR) is 51.7 cm³/mol. The van der Waals surface area contributed by atoms with E-state index in [1.807, 2.05) is 0 Å². The Morgan fingerprint density at radius 3 is 3.00 bits per heavy atom. The Morgan fingerprint density at radius 1 is 1.08 bits per heavy atom. The van der Waals surface area contributed by atoms with Gasteiger partial charge in [-0.1, -0.05) is 30.3 Å². The molecule has 0 fully saturated rings. The van der Waals surface area contributed by atoms with Gasteiger partial charge < -0.3 is 0 Å². The van der Waals surface area contributed by atoms with Crippen LogP contribution in [0, 0.1) is 6.08 Å². The lowest BCUT2D eigenvalue weighted by molar-refractivity contribution is 0.736. The SMILES string of the molecule is [C]1=C\c2ccccc2CCCC/1. The van der Waals surface area contributed by atoms with Gasteiger partial charge in [-0.25, -0.2) is 0 Å². The summed E-state index contributed by atoms with van der Waals surface area (Å²) in [6.07, 6.45) is 10.4. The molecule has 0 spiro atoms. The Kier molecular flexibility index (Phi) is 2.26. The molecule has 12 heavy (non-hydrogen) atoms. The van der Waals surface area contributed by atoms with E-state index in [9.17, 15) is 0 Å². The molecule has 1 aromatic rings. The number of rotatable bonds is 0. The molecular weight excluding hydrogens is 144 g/mol. The molecule has 0 unspecified atom stereocenters. The van der Waals surface area contributed by atoms with Gasteiger partial charge in [-0.15, -0.1) is 0 Å². The fourth-order valence-electron chi connectivity index (χ4n) is 1.63. The minimum absolute atomic E-state index is 1.12. The zero-order chi connectivity index (χ0) is 8.23. The monoisotopic (exact) mass is 157 g/mol. The van der Waals surface area contributed by atoms with E-state index >= 15 is 0 Å². The average Bonchev–Trinajstić information content (AvgIpc) is 2.06. The third-order valence-electron chi connectivity index (χ3n) is 2.33. The molecule has 0 amide bonds. The van der Waals surface area contributed by atoms with Gasteiger partial charge in [0.05, 0.1) is 0 Å². The van der Waals surface area contributed by atoms with Gasteiger partial charge in [-0.3, -0.25) is 0 Å². The molecule has 1 aliphatic rings. The molecule has 0 bridgehead atoms. The molecule has 0 aliphatic heterocycles. The van der Waals surface area contributed by atoms with E-state index in [2.05, 4.69) is 36.4 Å². The summed E-state index contributed by atoms with van der Waals surface area (Å²) in [7, 11) is 0. The van der Waals surface area contributed by atoms with E-state index in [0.717, 1.165) is 6.42 Å². The van der Waals surface area contributed by atoms with E-state index in [0.29, 0.717) is 0 Å². The highest BCUT2D eigenvalue weighted by molar-refractivity contribution is 5.52. The number of hydrogen-bond acceptors (Lipinski definition) is 0. The van der Waals surface area contributed by atoms with Crippen LogP contribution in [0.3, 0.4) is 0 Å². The van der Waals surface area contributed by atoms with E-state index in [4.69, 9.17) is 0 Å². The first kappa shape index (κ1) is 7.60. The maximum absolute atomic E-state index is 3.32. The quantitative estimate of drug-likeness (QED) is 0.542. The highest BCUT2D eigenvalue weighted by Crippen LogP contribution is 2.17. The van der Waals surface area contributed by atoms with Crippen LogP contribution in [0.1, 0.15) is 30.4 Å². The number of aryl methyl sites for hydroxylation is 1. The molecule has 0 saturated carbocycles. The van der Waals surface area contributed by atoms with Crippen LogP contribution in [0.15, 0.2) is 24.3 Å². The molecule has 0 aromatic heterocycles. The topological polar surface area (TPSA) is 0 Å². The van der Waals surface area contributed by atoms with Crippen molar-refractivity contribution in [3.8, 4) is 0 Å². The highest BCUT2D eigenvalue weighted by atomic mass is 14.1. The third kappa shape index (κ3) is 1.58. The number of hydrogen-bond donors (Lipinski definition) is 0. The molecule has 0 N–H and O–H groups in total. The molecule has 1 aliphatic carbocycles. The Balaban J connectivity index is 2.36. The lowest BCUT2D eigenvalue weighted by Crippen LogP contribution is -1.91. The largest absolute Gasteiger partial charge is 0.0620 e. The van der Waals surface area contributed by atoms with Gasteiger partial charge in [-0.05, 0) is 42.9 Å². The maximum atomic E-state index is 3.32. The van der Waals surface area contributed by atoms with Crippen molar-refractivity contribution in [1.29, 1.82) is 0 Å². The van der Waals surface area contributed by atoms with Gasteiger partial charge in [-0.2, -0.15) is 0 Å². The summed E-state index contributed by atoms with van der Waals surface area (Å²) >= 11 is 0. The highest BCUT2D eigenvalue weighted by Gasteiger charge is 2.00. The van der Waals surface area contributed by atoms with Crippen LogP contribution in [0.2, 0.25) is 0 Å². The Bertz CT molecular complexity index is 284. The molecule has 1 radical (unpaired) electrons. The van der Waals surface area contributed by atoms with Crippen molar-refractivity contribution in [3.05, 3.63) is 41.5 Å². The summed E-state index contributed by atoms with van der Waals surface area (Å²) in [6, 6.07) is 8.61. The number of allylic oxidation sites excluding steroid dienone is 1. The normalized spacial score (nSPS) is 19.0. The lowest BCUT2D eigenvalue weighted by Gasteiger charge is -2.07. The van der Waals surface area contributed by atoms with Crippen LogP contribution < -0.4 is 0 Å². The molecule has 0 atom stereocenters. The van der Waals surface area contributed by atoms with Crippen LogP contribution >= 0.6 is 0 Å². The molecule has 1 aromatic carbocycles. The summed E-state index contributed by atoms with van der Waals surface area (Å²) in [4.78, 5) is 0. The maximum Gasteiger partial charge on any atom is -0.0222 e. The first-order valence-corrected chi connectivity index (χ1v) is 4.61. The van der Waals surface area contributed by atoms with Gasteiger partial charge in [0.25, 0.3) is 0 Å². The Labute approximate surface area is 73.9 Å². The van der Waals surface area contributed by atoms with Crippen molar-refractivity contribution in [3.63, 3.8) is 0 Å². The van der Waals surface area contributed by atoms with Crippen LogP contribution in [-0.4, -0.2) is 0 Å². The van der Waals surface area contributed by atoms with E-state index in [1.54, 1.807) is 0 Å². The fourth-order valence-corrected chi connectivity index (χ4v) is 1.63. The van der Waals surface area contributed by atoms with Gasteiger partial charge in [0, 0.05) is 0 Å². The zero-order valence-electron chi connectivity index (χ0n) is 7.22. The third-order valence-corrected chi connectivity index (χ3v) is 2.33. The summed E-state index contributed by atoms with van der Waals surface area (Å²) in [5.41, 5.74) is 2.84. The summed E-state index contributed by atoms with van der Waals surface area (Å²) in [6.45, 7) is 0. The molecule has 0 nitrogen and oxygen atoms in total. The fraction of sp³-hybridized carbons (Fsp3) is 0.333. The average molecular weight is 157 g/mol. The molecule has 61 valence electrons. The van der Waals surface area contributed by atoms with Gasteiger partial charge in [0.15, 0.2) is 0 Å². The van der Waals surface area contributed by atoms with Gasteiger partial charge in [0.2, 0.25) is 0 Å². The van der Waals surface area contributed by atoms with Gasteiger partial charge >= 0.3 is 0 Å². The Morgan fingerprint density at radius 2 is 2.00 bits per heavy atom. The van der Waals surface area contributed by atoms with E-state index < -0.39 is 0 Å². The molecule has 0 heteroatoms. The lowest BCUT2D eigenvalue weighted by atomic mass is 9.98. The van der Waals surface area contributed by atoms with Crippen LogP contribution in [0.5, 0.6) is 0 Å². The Hall–Kier alpha value is -1.04. The van der Waals surface area contributed by atoms with Gasteiger partial charge in [0.1, 0.15) is 0 Å². The molecular formula is C12H13.